The molecule has 0 aliphatic carbocycles. The zero-order chi connectivity index (χ0) is 12.7. The first-order valence-corrected chi connectivity index (χ1v) is 6.35. The number of oxazole rings is 1. The van der Waals surface area contributed by atoms with Gasteiger partial charge in [0.25, 0.3) is 0 Å². The second-order valence-electron chi connectivity index (χ2n) is 4.21. The predicted molar refractivity (Wildman–Crippen MR) is 76.3 cm³/mol. The Balaban J connectivity index is 2.16. The summed E-state index contributed by atoms with van der Waals surface area (Å²) in [5.74, 6) is 0.617. The number of hydrogen-bond donors (Lipinski definition) is 1. The first-order chi connectivity index (χ1) is 8.63. The van der Waals surface area contributed by atoms with Gasteiger partial charge in [0.1, 0.15) is 5.52 Å². The molecule has 3 rings (SSSR count). The fourth-order valence-corrected chi connectivity index (χ4v) is 2.09. The van der Waals surface area contributed by atoms with E-state index in [-0.39, 0.29) is 0 Å². The summed E-state index contributed by atoms with van der Waals surface area (Å²) in [5.41, 5.74) is 10.0. The largest absolute Gasteiger partial charge is 0.436 e. The van der Waals surface area contributed by atoms with Gasteiger partial charge < -0.3 is 10.2 Å². The molecule has 0 unspecified atom stereocenters. The Labute approximate surface area is 113 Å². The van der Waals surface area contributed by atoms with Crippen molar-refractivity contribution in [3.8, 4) is 11.5 Å². The van der Waals surface area contributed by atoms with Gasteiger partial charge in [0.15, 0.2) is 5.58 Å². The van der Waals surface area contributed by atoms with Gasteiger partial charge in [-0.2, -0.15) is 0 Å². The lowest BCUT2D eigenvalue weighted by molar-refractivity contribution is 0.620. The van der Waals surface area contributed by atoms with E-state index in [1.54, 1.807) is 6.07 Å². The fraction of sp³-hybridized carbons (Fsp3) is 0.0714. The molecule has 0 bridgehead atoms. The lowest BCUT2D eigenvalue weighted by Gasteiger charge is -1.99. The van der Waals surface area contributed by atoms with Gasteiger partial charge in [0.05, 0.1) is 0 Å². The van der Waals surface area contributed by atoms with E-state index in [1.165, 1.54) is 0 Å². The third-order valence-electron chi connectivity index (χ3n) is 2.82. The van der Waals surface area contributed by atoms with Crippen LogP contribution in [0.5, 0.6) is 0 Å². The number of anilines is 1. The number of halogens is 1. The van der Waals surface area contributed by atoms with Crippen LogP contribution in [0.4, 0.5) is 5.69 Å². The number of fused-ring (bicyclic) bond motifs is 1. The van der Waals surface area contributed by atoms with Crippen molar-refractivity contribution in [2.24, 2.45) is 0 Å². The number of nitrogen functional groups attached to an aromatic ring is 1. The molecule has 0 spiro atoms. The maximum absolute atomic E-state index is 5.72. The number of nitrogens with zero attached hydrogens (tertiary/aromatic N) is 1. The van der Waals surface area contributed by atoms with E-state index in [1.807, 2.05) is 37.3 Å². The molecule has 0 radical (unpaired) electrons. The lowest BCUT2D eigenvalue weighted by atomic mass is 10.1. The van der Waals surface area contributed by atoms with Crippen LogP contribution in [0.15, 0.2) is 45.3 Å². The SMILES string of the molecule is Cc1cc(-c2nc3ccc(N)cc3o2)ccc1Br. The van der Waals surface area contributed by atoms with Gasteiger partial charge in [0.2, 0.25) is 5.89 Å². The Morgan fingerprint density at radius 3 is 2.78 bits per heavy atom. The predicted octanol–water partition coefficient (Wildman–Crippen LogP) is 4.15. The lowest BCUT2D eigenvalue weighted by Crippen LogP contribution is -1.81. The number of aromatic nitrogens is 1. The topological polar surface area (TPSA) is 52.0 Å². The van der Waals surface area contributed by atoms with Gasteiger partial charge in [0, 0.05) is 21.8 Å². The first kappa shape index (κ1) is 11.3. The molecule has 2 aromatic carbocycles. The van der Waals surface area contributed by atoms with Gasteiger partial charge in [-0.25, -0.2) is 4.98 Å². The van der Waals surface area contributed by atoms with Crippen molar-refractivity contribution < 1.29 is 4.42 Å². The van der Waals surface area contributed by atoms with Gasteiger partial charge in [-0.3, -0.25) is 0 Å². The average molecular weight is 303 g/mol. The highest BCUT2D eigenvalue weighted by Gasteiger charge is 2.09. The molecule has 18 heavy (non-hydrogen) atoms. The molecule has 3 aromatic rings. The molecule has 2 N–H and O–H groups in total. The van der Waals surface area contributed by atoms with Crippen LogP contribution >= 0.6 is 15.9 Å². The monoisotopic (exact) mass is 302 g/mol. The summed E-state index contributed by atoms with van der Waals surface area (Å²) >= 11 is 3.48. The highest BCUT2D eigenvalue weighted by Crippen LogP contribution is 2.28. The van der Waals surface area contributed by atoms with Crippen LogP contribution in [0.3, 0.4) is 0 Å². The minimum atomic E-state index is 0.617. The van der Waals surface area contributed by atoms with Crippen molar-refractivity contribution in [2.75, 3.05) is 5.73 Å². The van der Waals surface area contributed by atoms with Crippen molar-refractivity contribution in [1.82, 2.24) is 4.98 Å². The number of hydrogen-bond acceptors (Lipinski definition) is 3. The van der Waals surface area contributed by atoms with Gasteiger partial charge >= 0.3 is 0 Å². The minimum absolute atomic E-state index is 0.617. The van der Waals surface area contributed by atoms with Gasteiger partial charge in [-0.05, 0) is 42.8 Å². The maximum atomic E-state index is 5.72. The van der Waals surface area contributed by atoms with Crippen molar-refractivity contribution in [2.45, 2.75) is 6.92 Å². The summed E-state index contributed by atoms with van der Waals surface area (Å²) in [6.07, 6.45) is 0. The summed E-state index contributed by atoms with van der Waals surface area (Å²) < 4.78 is 6.80. The normalized spacial score (nSPS) is 11.0. The summed E-state index contributed by atoms with van der Waals surface area (Å²) in [7, 11) is 0. The average Bonchev–Trinajstić information content (AvgIpc) is 2.75. The molecule has 90 valence electrons. The molecule has 0 aliphatic rings. The molecule has 4 heteroatoms. The van der Waals surface area contributed by atoms with Crippen molar-refractivity contribution in [3.05, 3.63) is 46.4 Å². The van der Waals surface area contributed by atoms with Crippen molar-refractivity contribution in [1.29, 1.82) is 0 Å². The van der Waals surface area contributed by atoms with Crippen LogP contribution in [0, 0.1) is 6.92 Å². The molecular weight excluding hydrogens is 292 g/mol. The summed E-state index contributed by atoms with van der Waals surface area (Å²) in [6, 6.07) is 11.5. The minimum Gasteiger partial charge on any atom is -0.436 e. The van der Waals surface area contributed by atoms with Crippen LogP contribution in [0.2, 0.25) is 0 Å². The van der Waals surface area contributed by atoms with E-state index >= 15 is 0 Å². The number of rotatable bonds is 1. The Kier molecular flexibility index (Phi) is 2.59. The maximum Gasteiger partial charge on any atom is 0.227 e. The molecule has 1 heterocycles. The zero-order valence-electron chi connectivity index (χ0n) is 9.77. The highest BCUT2D eigenvalue weighted by atomic mass is 79.9. The zero-order valence-corrected chi connectivity index (χ0v) is 11.4. The van der Waals surface area contributed by atoms with Crippen LogP contribution < -0.4 is 5.73 Å². The summed E-state index contributed by atoms with van der Waals surface area (Å²) in [6.45, 7) is 2.04. The Hall–Kier alpha value is -1.81. The van der Waals surface area contributed by atoms with E-state index in [4.69, 9.17) is 10.2 Å². The number of benzene rings is 2. The molecule has 0 saturated carbocycles. The van der Waals surface area contributed by atoms with Gasteiger partial charge in [-0.15, -0.1) is 0 Å². The molecule has 0 fully saturated rings. The second kappa shape index (κ2) is 4.14. The van der Waals surface area contributed by atoms with Crippen molar-refractivity contribution in [3.63, 3.8) is 0 Å². The van der Waals surface area contributed by atoms with Gasteiger partial charge in [-0.1, -0.05) is 15.9 Å². The first-order valence-electron chi connectivity index (χ1n) is 5.56. The second-order valence-corrected chi connectivity index (χ2v) is 5.06. The Morgan fingerprint density at radius 1 is 1.17 bits per heavy atom. The standard InChI is InChI=1S/C14H11BrN2O/c1-8-6-9(2-4-11(8)15)14-17-12-5-3-10(16)7-13(12)18-14/h2-7H,16H2,1H3. The Bertz CT molecular complexity index is 734. The summed E-state index contributed by atoms with van der Waals surface area (Å²) in [5, 5.41) is 0. The molecular formula is C14H11BrN2O. The molecule has 1 aromatic heterocycles. The molecule has 0 aliphatic heterocycles. The van der Waals surface area contributed by atoms with E-state index in [0.717, 1.165) is 21.1 Å². The third-order valence-corrected chi connectivity index (χ3v) is 3.71. The van der Waals surface area contributed by atoms with E-state index < -0.39 is 0 Å². The Morgan fingerprint density at radius 2 is 2.00 bits per heavy atom. The van der Waals surface area contributed by atoms with E-state index in [9.17, 15) is 0 Å². The van der Waals surface area contributed by atoms with Crippen molar-refractivity contribution >= 4 is 32.7 Å². The highest BCUT2D eigenvalue weighted by molar-refractivity contribution is 9.10. The van der Waals surface area contributed by atoms with Crippen LogP contribution in [0.25, 0.3) is 22.6 Å². The quantitative estimate of drug-likeness (QED) is 0.687. The van der Waals surface area contributed by atoms with E-state index in [0.29, 0.717) is 17.2 Å². The molecule has 3 nitrogen and oxygen atoms in total. The number of aryl methyl sites for hydroxylation is 1. The number of nitrogens with two attached hydrogens (primary N) is 1. The fourth-order valence-electron chi connectivity index (χ4n) is 1.84. The van der Waals surface area contributed by atoms with E-state index in [2.05, 4.69) is 20.9 Å². The molecule has 0 saturated heterocycles. The van der Waals surface area contributed by atoms with Crippen LogP contribution in [0.1, 0.15) is 5.56 Å². The third kappa shape index (κ3) is 1.88. The van der Waals surface area contributed by atoms with Crippen LogP contribution in [-0.4, -0.2) is 4.98 Å². The summed E-state index contributed by atoms with van der Waals surface area (Å²) in [4.78, 5) is 4.46. The molecule has 0 amide bonds. The van der Waals surface area contributed by atoms with Crippen LogP contribution in [-0.2, 0) is 0 Å². The molecule has 0 atom stereocenters. The smallest absolute Gasteiger partial charge is 0.227 e.